The van der Waals surface area contributed by atoms with E-state index in [1.807, 2.05) is 0 Å². The zero-order chi connectivity index (χ0) is 9.88. The maximum absolute atomic E-state index is 3.75. The zero-order valence-corrected chi connectivity index (χ0v) is 9.00. The average Bonchev–Trinajstić information content (AvgIpc) is 3.19. The van der Waals surface area contributed by atoms with E-state index in [0.717, 1.165) is 11.8 Å². The van der Waals surface area contributed by atoms with Crippen molar-refractivity contribution in [2.45, 2.75) is 37.1 Å². The third kappa shape index (κ3) is 1.07. The summed E-state index contributed by atoms with van der Waals surface area (Å²) in [6.07, 6.45) is 5.60. The van der Waals surface area contributed by atoms with Gasteiger partial charge in [0.05, 0.1) is 0 Å². The van der Waals surface area contributed by atoms with Crippen LogP contribution in [0.3, 0.4) is 0 Å². The van der Waals surface area contributed by atoms with Crippen LogP contribution in [0.15, 0.2) is 24.3 Å². The fourth-order valence-electron chi connectivity index (χ4n) is 3.44. The van der Waals surface area contributed by atoms with Crippen LogP contribution in [0.4, 0.5) is 0 Å². The molecule has 1 aromatic carbocycles. The van der Waals surface area contributed by atoms with Gasteiger partial charge in [-0.15, -0.1) is 0 Å². The lowest BCUT2D eigenvalue weighted by Crippen LogP contribution is -2.26. The van der Waals surface area contributed by atoms with Crippen molar-refractivity contribution in [2.24, 2.45) is 5.92 Å². The van der Waals surface area contributed by atoms with Gasteiger partial charge in [0.15, 0.2) is 0 Å². The van der Waals surface area contributed by atoms with Crippen molar-refractivity contribution in [3.63, 3.8) is 0 Å². The van der Waals surface area contributed by atoms with Gasteiger partial charge in [0.1, 0.15) is 0 Å². The summed E-state index contributed by atoms with van der Waals surface area (Å²) < 4.78 is 0. The van der Waals surface area contributed by atoms with Crippen LogP contribution >= 0.6 is 0 Å². The second-order valence-corrected chi connectivity index (χ2v) is 5.45. The molecule has 0 spiro atoms. The van der Waals surface area contributed by atoms with Crippen molar-refractivity contribution >= 4 is 0 Å². The van der Waals surface area contributed by atoms with Crippen LogP contribution < -0.4 is 5.32 Å². The number of hydrogen-bond donors (Lipinski definition) is 1. The third-order valence-electron chi connectivity index (χ3n) is 4.50. The van der Waals surface area contributed by atoms with Crippen LogP contribution in [0, 0.1) is 5.92 Å². The molecule has 4 rings (SSSR count). The van der Waals surface area contributed by atoms with Crippen molar-refractivity contribution in [1.29, 1.82) is 0 Å². The predicted molar refractivity (Wildman–Crippen MR) is 60.8 cm³/mol. The SMILES string of the molecule is c1ccc(C23CC2CCN3)c(C2CC2)c1. The Bertz CT molecular complexity index is 408. The topological polar surface area (TPSA) is 12.0 Å². The molecule has 3 aliphatic rings. The Morgan fingerprint density at radius 1 is 1.13 bits per heavy atom. The maximum Gasteiger partial charge on any atom is 0.0470 e. The molecular formula is C14H17N. The van der Waals surface area contributed by atoms with Gasteiger partial charge in [-0.3, -0.25) is 0 Å². The highest BCUT2D eigenvalue weighted by molar-refractivity contribution is 5.44. The number of hydrogen-bond acceptors (Lipinski definition) is 1. The minimum Gasteiger partial charge on any atom is -0.307 e. The van der Waals surface area contributed by atoms with Crippen LogP contribution in [-0.2, 0) is 5.54 Å². The summed E-state index contributed by atoms with van der Waals surface area (Å²) in [4.78, 5) is 0. The lowest BCUT2D eigenvalue weighted by molar-refractivity contribution is 0.574. The van der Waals surface area contributed by atoms with Crippen LogP contribution in [0.2, 0.25) is 0 Å². The molecule has 0 bridgehead atoms. The van der Waals surface area contributed by atoms with Gasteiger partial charge in [0.25, 0.3) is 0 Å². The molecule has 1 heterocycles. The first-order valence-electron chi connectivity index (χ1n) is 6.24. The molecule has 2 unspecified atom stereocenters. The highest BCUT2D eigenvalue weighted by Gasteiger charge is 2.59. The number of rotatable bonds is 2. The number of piperidine rings is 1. The van der Waals surface area contributed by atoms with E-state index >= 15 is 0 Å². The summed E-state index contributed by atoms with van der Waals surface area (Å²) in [7, 11) is 0. The number of fused-ring (bicyclic) bond motifs is 1. The molecular weight excluding hydrogens is 182 g/mol. The van der Waals surface area contributed by atoms with Crippen molar-refractivity contribution in [3.05, 3.63) is 35.4 Å². The molecule has 0 radical (unpaired) electrons. The van der Waals surface area contributed by atoms with Gasteiger partial charge in [0, 0.05) is 5.54 Å². The Labute approximate surface area is 90.9 Å². The first kappa shape index (κ1) is 8.35. The van der Waals surface area contributed by atoms with E-state index < -0.39 is 0 Å². The van der Waals surface area contributed by atoms with Gasteiger partial charge in [-0.25, -0.2) is 0 Å². The predicted octanol–water partition coefficient (Wildman–Crippen LogP) is 2.77. The van der Waals surface area contributed by atoms with Crippen molar-refractivity contribution in [1.82, 2.24) is 5.32 Å². The summed E-state index contributed by atoms with van der Waals surface area (Å²) >= 11 is 0. The normalized spacial score (nSPS) is 37.7. The molecule has 1 aliphatic heterocycles. The molecule has 3 fully saturated rings. The molecule has 1 heteroatoms. The Balaban J connectivity index is 1.81. The minimum atomic E-state index is 0.416. The molecule has 0 aromatic heterocycles. The summed E-state index contributed by atoms with van der Waals surface area (Å²) in [5.74, 6) is 1.83. The molecule has 2 aliphatic carbocycles. The Morgan fingerprint density at radius 3 is 2.67 bits per heavy atom. The largest absolute Gasteiger partial charge is 0.307 e. The standard InChI is InChI=1S/C14H17N/c1-2-4-13(12(3-1)10-5-6-10)14-9-11(14)7-8-15-14/h1-4,10-11,15H,5-9H2. The maximum atomic E-state index is 3.75. The van der Waals surface area contributed by atoms with Crippen molar-refractivity contribution < 1.29 is 0 Å². The highest BCUT2D eigenvalue weighted by Crippen LogP contribution is 2.59. The van der Waals surface area contributed by atoms with E-state index in [2.05, 4.69) is 29.6 Å². The summed E-state index contributed by atoms with van der Waals surface area (Å²) in [5, 5.41) is 3.75. The van der Waals surface area contributed by atoms with Gasteiger partial charge in [-0.05, 0) is 55.2 Å². The van der Waals surface area contributed by atoms with Crippen LogP contribution in [0.5, 0.6) is 0 Å². The molecule has 1 nitrogen and oxygen atoms in total. The zero-order valence-electron chi connectivity index (χ0n) is 9.00. The number of nitrogens with one attached hydrogen (secondary N) is 1. The van der Waals surface area contributed by atoms with Crippen LogP contribution in [0.1, 0.15) is 42.7 Å². The molecule has 0 amide bonds. The highest BCUT2D eigenvalue weighted by atomic mass is 15.1. The lowest BCUT2D eigenvalue weighted by atomic mass is 9.95. The van der Waals surface area contributed by atoms with Crippen LogP contribution in [0.25, 0.3) is 0 Å². The van der Waals surface area contributed by atoms with E-state index in [1.54, 1.807) is 11.1 Å². The molecule has 78 valence electrons. The average molecular weight is 199 g/mol. The van der Waals surface area contributed by atoms with Gasteiger partial charge in [-0.1, -0.05) is 24.3 Å². The first-order chi connectivity index (χ1) is 7.40. The van der Waals surface area contributed by atoms with E-state index in [1.165, 1.54) is 32.2 Å². The minimum absolute atomic E-state index is 0.416. The van der Waals surface area contributed by atoms with Gasteiger partial charge < -0.3 is 5.32 Å². The second kappa shape index (κ2) is 2.65. The molecule has 2 saturated carbocycles. The number of benzene rings is 1. The van der Waals surface area contributed by atoms with E-state index in [9.17, 15) is 0 Å². The quantitative estimate of drug-likeness (QED) is 0.772. The summed E-state index contributed by atoms with van der Waals surface area (Å²) in [6.45, 7) is 1.23. The van der Waals surface area contributed by atoms with Gasteiger partial charge >= 0.3 is 0 Å². The second-order valence-electron chi connectivity index (χ2n) is 5.45. The van der Waals surface area contributed by atoms with E-state index in [0.29, 0.717) is 5.54 Å². The molecule has 2 atom stereocenters. The van der Waals surface area contributed by atoms with E-state index in [4.69, 9.17) is 0 Å². The summed E-state index contributed by atoms with van der Waals surface area (Å²) in [5.41, 5.74) is 3.70. The fourth-order valence-corrected chi connectivity index (χ4v) is 3.44. The smallest absolute Gasteiger partial charge is 0.0470 e. The summed E-state index contributed by atoms with van der Waals surface area (Å²) in [6, 6.07) is 9.15. The third-order valence-corrected chi connectivity index (χ3v) is 4.50. The molecule has 15 heavy (non-hydrogen) atoms. The van der Waals surface area contributed by atoms with Crippen molar-refractivity contribution in [3.8, 4) is 0 Å². The Morgan fingerprint density at radius 2 is 2.00 bits per heavy atom. The first-order valence-corrected chi connectivity index (χ1v) is 6.24. The fraction of sp³-hybridized carbons (Fsp3) is 0.571. The van der Waals surface area contributed by atoms with Gasteiger partial charge in [-0.2, -0.15) is 0 Å². The Hall–Kier alpha value is -0.820. The molecule has 1 aromatic rings. The molecule has 1 saturated heterocycles. The van der Waals surface area contributed by atoms with Gasteiger partial charge in [0.2, 0.25) is 0 Å². The lowest BCUT2D eigenvalue weighted by Gasteiger charge is -2.18. The van der Waals surface area contributed by atoms with Crippen LogP contribution in [-0.4, -0.2) is 6.54 Å². The molecule has 1 N–H and O–H groups in total. The monoisotopic (exact) mass is 199 g/mol. The van der Waals surface area contributed by atoms with Crippen molar-refractivity contribution in [2.75, 3.05) is 6.54 Å². The van der Waals surface area contributed by atoms with E-state index in [-0.39, 0.29) is 0 Å². The Kier molecular flexibility index (Phi) is 1.47.